The molecule has 6 heteroatoms. The molecule has 1 unspecified atom stereocenters. The van der Waals surface area contributed by atoms with Gasteiger partial charge in [0.15, 0.2) is 6.23 Å². The molecule has 3 nitrogen and oxygen atoms in total. The Morgan fingerprint density at radius 2 is 1.32 bits per heavy atom. The summed E-state index contributed by atoms with van der Waals surface area (Å²) in [5.41, 5.74) is 1.56. The lowest BCUT2D eigenvalue weighted by molar-refractivity contribution is -0.124. The number of carbonyl (C=O) groups excluding carboxylic acids is 1. The summed E-state index contributed by atoms with van der Waals surface area (Å²) in [6, 6.07) is 18.4. The molecule has 0 aliphatic heterocycles. The fraction of sp³-hybridized carbons (Fsp3) is 0.188. The zero-order valence-electron chi connectivity index (χ0n) is 11.4. The first-order valence-electron chi connectivity index (χ1n) is 6.54. The number of benzene rings is 2. The Balaban J connectivity index is 2.32. The summed E-state index contributed by atoms with van der Waals surface area (Å²) in [4.78, 5) is 12.6. The Morgan fingerprint density at radius 3 is 1.68 bits per heavy atom. The lowest BCUT2D eigenvalue weighted by Gasteiger charge is -2.24. The number of amides is 1. The molecule has 2 rings (SSSR count). The number of carbonyl (C=O) groups is 1. The van der Waals surface area contributed by atoms with Gasteiger partial charge in [-0.15, -0.1) is 0 Å². The van der Waals surface area contributed by atoms with E-state index in [0.29, 0.717) is 0 Å². The van der Waals surface area contributed by atoms with Gasteiger partial charge in [0, 0.05) is 0 Å². The fourth-order valence-corrected chi connectivity index (χ4v) is 2.25. The highest BCUT2D eigenvalue weighted by Gasteiger charge is 2.34. The monoisotopic (exact) mass is 357 g/mol. The second-order valence-corrected chi connectivity index (χ2v) is 7.08. The van der Waals surface area contributed by atoms with Gasteiger partial charge < -0.3 is 10.4 Å². The van der Waals surface area contributed by atoms with Crippen molar-refractivity contribution in [2.24, 2.45) is 0 Å². The molecule has 2 N–H and O–H groups in total. The van der Waals surface area contributed by atoms with Crippen molar-refractivity contribution >= 4 is 40.7 Å². The smallest absolute Gasteiger partial charge is 0.234 e. The highest BCUT2D eigenvalue weighted by atomic mass is 35.6. The van der Waals surface area contributed by atoms with Crippen LogP contribution in [0.1, 0.15) is 17.0 Å². The number of hydrogen-bond donors (Lipinski definition) is 2. The van der Waals surface area contributed by atoms with Crippen LogP contribution in [0, 0.1) is 0 Å². The van der Waals surface area contributed by atoms with E-state index in [2.05, 4.69) is 5.32 Å². The van der Waals surface area contributed by atoms with Crippen molar-refractivity contribution in [1.29, 1.82) is 0 Å². The predicted molar refractivity (Wildman–Crippen MR) is 89.2 cm³/mol. The molecule has 0 spiro atoms. The van der Waals surface area contributed by atoms with Crippen LogP contribution >= 0.6 is 34.8 Å². The van der Waals surface area contributed by atoms with Crippen molar-refractivity contribution in [2.45, 2.75) is 15.9 Å². The standard InChI is InChI=1S/C16H14Cl3NO2/c17-16(18,19)15(22)20-14(21)13(11-7-3-1-4-8-11)12-9-5-2-6-10-12/h1-10,13,15,22H,(H,20,21). The second kappa shape index (κ2) is 7.34. The quantitative estimate of drug-likeness (QED) is 0.648. The third-order valence-electron chi connectivity index (χ3n) is 3.12. The molecule has 0 bridgehead atoms. The van der Waals surface area contributed by atoms with Crippen molar-refractivity contribution < 1.29 is 9.90 Å². The number of alkyl halides is 3. The van der Waals surface area contributed by atoms with Crippen LogP contribution in [0.25, 0.3) is 0 Å². The highest BCUT2D eigenvalue weighted by Crippen LogP contribution is 2.30. The van der Waals surface area contributed by atoms with Crippen LogP contribution in [0.15, 0.2) is 60.7 Å². The Kier molecular flexibility index (Phi) is 5.70. The van der Waals surface area contributed by atoms with Gasteiger partial charge >= 0.3 is 0 Å². The predicted octanol–water partition coefficient (Wildman–Crippen LogP) is 3.62. The van der Waals surface area contributed by atoms with Crippen LogP contribution < -0.4 is 5.32 Å². The molecule has 116 valence electrons. The molecule has 0 heterocycles. The Bertz CT molecular complexity index is 575. The van der Waals surface area contributed by atoms with Gasteiger partial charge in [0.05, 0.1) is 5.92 Å². The van der Waals surface area contributed by atoms with E-state index in [0.717, 1.165) is 11.1 Å². The van der Waals surface area contributed by atoms with E-state index in [1.54, 1.807) is 0 Å². The summed E-state index contributed by atoms with van der Waals surface area (Å²) in [6.45, 7) is 0. The van der Waals surface area contributed by atoms with Crippen molar-refractivity contribution in [3.8, 4) is 0 Å². The zero-order chi connectivity index (χ0) is 16.2. The molecule has 0 saturated carbocycles. The molecule has 1 atom stereocenters. The minimum absolute atomic E-state index is 0.448. The first-order valence-corrected chi connectivity index (χ1v) is 7.68. The van der Waals surface area contributed by atoms with E-state index in [1.807, 2.05) is 60.7 Å². The summed E-state index contributed by atoms with van der Waals surface area (Å²) in [7, 11) is 0. The number of aliphatic hydroxyl groups is 1. The van der Waals surface area contributed by atoms with E-state index in [9.17, 15) is 9.90 Å². The number of aliphatic hydroxyl groups excluding tert-OH is 1. The maximum Gasteiger partial charge on any atom is 0.234 e. The van der Waals surface area contributed by atoms with Crippen molar-refractivity contribution in [3.05, 3.63) is 71.8 Å². The summed E-state index contributed by atoms with van der Waals surface area (Å²) in [6.07, 6.45) is -1.60. The summed E-state index contributed by atoms with van der Waals surface area (Å²) >= 11 is 16.8. The van der Waals surface area contributed by atoms with Crippen molar-refractivity contribution in [2.75, 3.05) is 0 Å². The van der Waals surface area contributed by atoms with Gasteiger partial charge in [0.1, 0.15) is 0 Å². The van der Waals surface area contributed by atoms with E-state index in [-0.39, 0.29) is 0 Å². The first-order chi connectivity index (χ1) is 10.4. The van der Waals surface area contributed by atoms with Gasteiger partial charge in [-0.25, -0.2) is 0 Å². The molecule has 0 fully saturated rings. The molecule has 0 aliphatic carbocycles. The third kappa shape index (κ3) is 4.37. The average Bonchev–Trinajstić information content (AvgIpc) is 2.48. The van der Waals surface area contributed by atoms with E-state index < -0.39 is 21.8 Å². The highest BCUT2D eigenvalue weighted by molar-refractivity contribution is 6.68. The van der Waals surface area contributed by atoms with E-state index >= 15 is 0 Å². The molecule has 0 aliphatic rings. The summed E-state index contributed by atoms with van der Waals surface area (Å²) in [5, 5.41) is 12.1. The number of halogens is 3. The molecule has 1 amide bonds. The summed E-state index contributed by atoms with van der Waals surface area (Å²) in [5.74, 6) is -1.05. The minimum atomic E-state index is -1.99. The van der Waals surface area contributed by atoms with Gasteiger partial charge in [-0.2, -0.15) is 0 Å². The molecule has 2 aromatic carbocycles. The maximum absolute atomic E-state index is 12.6. The Morgan fingerprint density at radius 1 is 0.909 bits per heavy atom. The molecule has 22 heavy (non-hydrogen) atoms. The van der Waals surface area contributed by atoms with Gasteiger partial charge in [-0.3, -0.25) is 4.79 Å². The molecular weight excluding hydrogens is 345 g/mol. The third-order valence-corrected chi connectivity index (χ3v) is 3.74. The van der Waals surface area contributed by atoms with E-state index in [1.165, 1.54) is 0 Å². The fourth-order valence-electron chi connectivity index (χ4n) is 2.09. The maximum atomic E-state index is 12.6. The molecule has 0 radical (unpaired) electrons. The average molecular weight is 359 g/mol. The molecule has 0 aromatic heterocycles. The van der Waals surface area contributed by atoms with Crippen molar-refractivity contribution in [3.63, 3.8) is 0 Å². The van der Waals surface area contributed by atoms with Crippen LogP contribution in [-0.4, -0.2) is 21.0 Å². The number of hydrogen-bond acceptors (Lipinski definition) is 2. The van der Waals surface area contributed by atoms with Gasteiger partial charge in [0.25, 0.3) is 0 Å². The number of rotatable bonds is 4. The van der Waals surface area contributed by atoms with Crippen LogP contribution in [0.3, 0.4) is 0 Å². The molecule has 2 aromatic rings. The van der Waals surface area contributed by atoms with Crippen molar-refractivity contribution in [1.82, 2.24) is 5.32 Å². The largest absolute Gasteiger partial charge is 0.369 e. The molecular formula is C16H14Cl3NO2. The van der Waals surface area contributed by atoms with Crippen LogP contribution in [0.2, 0.25) is 0 Å². The first kappa shape index (κ1) is 17.1. The summed E-state index contributed by atoms with van der Waals surface area (Å²) < 4.78 is -1.99. The van der Waals surface area contributed by atoms with Gasteiger partial charge in [-0.1, -0.05) is 95.5 Å². The zero-order valence-corrected chi connectivity index (χ0v) is 13.7. The lowest BCUT2D eigenvalue weighted by Crippen LogP contribution is -2.45. The van der Waals surface area contributed by atoms with Gasteiger partial charge in [-0.05, 0) is 11.1 Å². The van der Waals surface area contributed by atoms with Crippen LogP contribution in [0.4, 0.5) is 0 Å². The van der Waals surface area contributed by atoms with Gasteiger partial charge in [0.2, 0.25) is 9.70 Å². The van der Waals surface area contributed by atoms with Crippen LogP contribution in [0.5, 0.6) is 0 Å². The normalized spacial score (nSPS) is 13.0. The van der Waals surface area contributed by atoms with E-state index in [4.69, 9.17) is 34.8 Å². The Hall–Kier alpha value is -1.26. The molecule has 0 saturated heterocycles. The lowest BCUT2D eigenvalue weighted by atomic mass is 9.90. The topological polar surface area (TPSA) is 49.3 Å². The Labute approximate surface area is 143 Å². The number of nitrogens with one attached hydrogen (secondary N) is 1. The minimum Gasteiger partial charge on any atom is -0.369 e. The van der Waals surface area contributed by atoms with Crippen LogP contribution in [-0.2, 0) is 4.79 Å². The second-order valence-electron chi connectivity index (χ2n) is 4.71. The SMILES string of the molecule is O=C(NC(O)C(Cl)(Cl)Cl)C(c1ccccc1)c1ccccc1.